The van der Waals surface area contributed by atoms with Crippen molar-refractivity contribution >= 4 is 28.6 Å². The largest absolute Gasteiger partial charge is 0.357 e. The molecule has 1 aliphatic rings. The minimum absolute atomic E-state index is 0.0519. The number of nitrogens with one attached hydrogen (secondary N) is 3. The Kier molecular flexibility index (Phi) is 8.76. The summed E-state index contributed by atoms with van der Waals surface area (Å²) in [7, 11) is 1.56. The van der Waals surface area contributed by atoms with Gasteiger partial charge in [-0.3, -0.25) is 24.2 Å². The van der Waals surface area contributed by atoms with Crippen molar-refractivity contribution in [3.63, 3.8) is 0 Å². The molecule has 9 nitrogen and oxygen atoms in total. The van der Waals surface area contributed by atoms with Crippen LogP contribution in [0.25, 0.3) is 22.0 Å². The smallest absolute Gasteiger partial charge is 0.270 e. The standard InChI is InChI=1S/C33H35N5O4/c1-21-16-30(39)36-27-10-8-23(17-26(21)27)19-31(40)38-14-12-22(13-15-38)18-29(32(41)34-2)37-33(42)28-11-9-25(20-35-28)24-6-4-3-5-7-24/h3-11,16-17,20,22,29H,12-15,18-19H2,1-2H3,(H,34,41)(H,36,39)(H,37,42)/t29-/m1/s1. The van der Waals surface area contributed by atoms with Crippen molar-refractivity contribution in [3.05, 3.63) is 100 Å². The van der Waals surface area contributed by atoms with E-state index in [1.54, 1.807) is 25.4 Å². The summed E-state index contributed by atoms with van der Waals surface area (Å²) >= 11 is 0. The molecule has 3 heterocycles. The maximum absolute atomic E-state index is 13.1. The van der Waals surface area contributed by atoms with Gasteiger partial charge in [0.25, 0.3) is 5.91 Å². The number of piperidine rings is 1. The molecule has 3 amide bonds. The minimum Gasteiger partial charge on any atom is -0.357 e. The number of aromatic nitrogens is 2. The molecule has 4 aromatic rings. The molecular formula is C33H35N5O4. The van der Waals surface area contributed by atoms with Crippen LogP contribution >= 0.6 is 0 Å². The predicted octanol–water partition coefficient (Wildman–Crippen LogP) is 3.61. The lowest BCUT2D eigenvalue weighted by molar-refractivity contribution is -0.132. The Hall–Kier alpha value is -4.79. The molecule has 9 heteroatoms. The predicted molar refractivity (Wildman–Crippen MR) is 162 cm³/mol. The molecule has 216 valence electrons. The van der Waals surface area contributed by atoms with Crippen molar-refractivity contribution in [2.45, 2.75) is 38.6 Å². The summed E-state index contributed by atoms with van der Waals surface area (Å²) in [6.07, 6.45) is 3.92. The molecule has 0 saturated carbocycles. The van der Waals surface area contributed by atoms with Gasteiger partial charge in [-0.2, -0.15) is 0 Å². The number of hydrogen-bond acceptors (Lipinski definition) is 5. The molecule has 0 radical (unpaired) electrons. The van der Waals surface area contributed by atoms with Gasteiger partial charge in [-0.15, -0.1) is 0 Å². The molecule has 5 rings (SSSR count). The highest BCUT2D eigenvalue weighted by Crippen LogP contribution is 2.24. The molecule has 42 heavy (non-hydrogen) atoms. The van der Waals surface area contributed by atoms with Crippen LogP contribution in [0, 0.1) is 12.8 Å². The monoisotopic (exact) mass is 565 g/mol. The van der Waals surface area contributed by atoms with Gasteiger partial charge in [0.15, 0.2) is 0 Å². The number of likely N-dealkylation sites (tertiary alicyclic amines) is 1. The average Bonchev–Trinajstić information content (AvgIpc) is 3.01. The number of amides is 3. The van der Waals surface area contributed by atoms with Crippen molar-refractivity contribution in [2.24, 2.45) is 5.92 Å². The molecule has 1 atom stereocenters. The second-order valence-corrected chi connectivity index (χ2v) is 10.9. The Morgan fingerprint density at radius 2 is 1.76 bits per heavy atom. The molecule has 1 fully saturated rings. The lowest BCUT2D eigenvalue weighted by Crippen LogP contribution is -2.48. The topological polar surface area (TPSA) is 124 Å². The van der Waals surface area contributed by atoms with Gasteiger partial charge < -0.3 is 20.5 Å². The Balaban J connectivity index is 1.16. The Bertz CT molecular complexity index is 1640. The van der Waals surface area contributed by atoms with Crippen LogP contribution < -0.4 is 16.2 Å². The number of pyridine rings is 2. The van der Waals surface area contributed by atoms with Gasteiger partial charge in [-0.25, -0.2) is 0 Å². The van der Waals surface area contributed by atoms with E-state index >= 15 is 0 Å². The number of aromatic amines is 1. The SMILES string of the molecule is CNC(=O)[C@@H](CC1CCN(C(=O)Cc2ccc3[nH]c(=O)cc(C)c3c2)CC1)NC(=O)c1ccc(-c2ccccc2)cn1. The Labute approximate surface area is 244 Å². The van der Waals surface area contributed by atoms with E-state index < -0.39 is 11.9 Å². The number of fused-ring (bicyclic) bond motifs is 1. The van der Waals surface area contributed by atoms with Crippen LogP contribution in [0.3, 0.4) is 0 Å². The quantitative estimate of drug-likeness (QED) is 0.301. The number of carbonyl (C=O) groups is 3. The van der Waals surface area contributed by atoms with Crippen molar-refractivity contribution in [2.75, 3.05) is 20.1 Å². The molecule has 1 aliphatic heterocycles. The summed E-state index contributed by atoms with van der Waals surface area (Å²) in [5.74, 6) is -0.414. The zero-order valence-electron chi connectivity index (χ0n) is 23.9. The first-order valence-electron chi connectivity index (χ1n) is 14.2. The summed E-state index contributed by atoms with van der Waals surface area (Å²) in [6.45, 7) is 3.08. The molecule has 2 aromatic carbocycles. The first kappa shape index (κ1) is 28.7. The molecular weight excluding hydrogens is 530 g/mol. The maximum Gasteiger partial charge on any atom is 0.270 e. The van der Waals surface area contributed by atoms with Gasteiger partial charge in [0.2, 0.25) is 17.4 Å². The van der Waals surface area contributed by atoms with Crippen LogP contribution in [0.15, 0.2) is 77.7 Å². The van der Waals surface area contributed by atoms with E-state index in [0.29, 0.717) is 19.5 Å². The molecule has 3 N–H and O–H groups in total. The van der Waals surface area contributed by atoms with Crippen molar-refractivity contribution in [1.82, 2.24) is 25.5 Å². The van der Waals surface area contributed by atoms with Crippen molar-refractivity contribution in [3.8, 4) is 11.1 Å². The highest BCUT2D eigenvalue weighted by atomic mass is 16.2. The van der Waals surface area contributed by atoms with Crippen LogP contribution in [-0.2, 0) is 16.0 Å². The first-order chi connectivity index (χ1) is 20.3. The lowest BCUT2D eigenvalue weighted by atomic mass is 9.89. The van der Waals surface area contributed by atoms with E-state index in [1.165, 1.54) is 0 Å². The second-order valence-electron chi connectivity index (χ2n) is 10.9. The highest BCUT2D eigenvalue weighted by molar-refractivity contribution is 5.96. The zero-order chi connectivity index (χ0) is 29.6. The highest BCUT2D eigenvalue weighted by Gasteiger charge is 2.29. The summed E-state index contributed by atoms with van der Waals surface area (Å²) < 4.78 is 0. The zero-order valence-corrected chi connectivity index (χ0v) is 23.9. The number of hydrogen-bond donors (Lipinski definition) is 3. The van der Waals surface area contributed by atoms with E-state index in [0.717, 1.165) is 46.0 Å². The summed E-state index contributed by atoms with van der Waals surface area (Å²) in [4.78, 5) is 59.5. The van der Waals surface area contributed by atoms with Gasteiger partial charge in [-0.1, -0.05) is 42.5 Å². The fourth-order valence-corrected chi connectivity index (χ4v) is 5.59. The maximum atomic E-state index is 13.1. The molecule has 1 saturated heterocycles. The van der Waals surface area contributed by atoms with Gasteiger partial charge in [-0.05, 0) is 67.0 Å². The third-order valence-corrected chi connectivity index (χ3v) is 7.98. The van der Waals surface area contributed by atoms with E-state index in [1.807, 2.05) is 66.4 Å². The van der Waals surface area contributed by atoms with Crippen LogP contribution in [0.1, 0.15) is 40.9 Å². The van der Waals surface area contributed by atoms with Crippen LogP contribution in [0.2, 0.25) is 0 Å². The van der Waals surface area contributed by atoms with Crippen LogP contribution in [0.4, 0.5) is 0 Å². The summed E-state index contributed by atoms with van der Waals surface area (Å²) in [6, 6.07) is 19.9. The van der Waals surface area contributed by atoms with Crippen molar-refractivity contribution < 1.29 is 14.4 Å². The van der Waals surface area contributed by atoms with E-state index in [-0.39, 0.29) is 35.4 Å². The normalized spacial score (nSPS) is 14.4. The van der Waals surface area contributed by atoms with E-state index in [4.69, 9.17) is 0 Å². The van der Waals surface area contributed by atoms with E-state index in [9.17, 15) is 19.2 Å². The van der Waals surface area contributed by atoms with Crippen LogP contribution in [-0.4, -0.2) is 58.8 Å². The Morgan fingerprint density at radius 1 is 1.00 bits per heavy atom. The van der Waals surface area contributed by atoms with Gasteiger partial charge in [0, 0.05) is 48.9 Å². The van der Waals surface area contributed by atoms with E-state index in [2.05, 4.69) is 20.6 Å². The Morgan fingerprint density at radius 3 is 2.45 bits per heavy atom. The third kappa shape index (κ3) is 6.74. The summed E-state index contributed by atoms with van der Waals surface area (Å²) in [5, 5.41) is 6.46. The van der Waals surface area contributed by atoms with Crippen molar-refractivity contribution in [1.29, 1.82) is 0 Å². The number of aryl methyl sites for hydroxylation is 1. The fourth-order valence-electron chi connectivity index (χ4n) is 5.59. The molecule has 0 unspecified atom stereocenters. The molecule has 0 bridgehead atoms. The number of benzene rings is 2. The van der Waals surface area contributed by atoms with Gasteiger partial charge in [0.1, 0.15) is 11.7 Å². The molecule has 0 spiro atoms. The first-order valence-corrected chi connectivity index (χ1v) is 14.2. The van der Waals surface area contributed by atoms with Crippen LogP contribution in [0.5, 0.6) is 0 Å². The number of H-pyrrole nitrogens is 1. The lowest BCUT2D eigenvalue weighted by Gasteiger charge is -2.33. The number of carbonyl (C=O) groups excluding carboxylic acids is 3. The molecule has 2 aromatic heterocycles. The minimum atomic E-state index is -0.697. The molecule has 0 aliphatic carbocycles. The third-order valence-electron chi connectivity index (χ3n) is 7.98. The number of nitrogens with zero attached hydrogens (tertiary/aromatic N) is 2. The number of rotatable bonds is 8. The van der Waals surface area contributed by atoms with Gasteiger partial charge in [0.05, 0.1) is 6.42 Å². The van der Waals surface area contributed by atoms with Gasteiger partial charge >= 0.3 is 0 Å². The fraction of sp³-hybridized carbons (Fsp3) is 0.303. The number of likely N-dealkylation sites (N-methyl/N-ethyl adjacent to an activating group) is 1. The summed E-state index contributed by atoms with van der Waals surface area (Å²) in [5.41, 5.74) is 4.56. The second kappa shape index (κ2) is 12.8. The average molecular weight is 566 g/mol.